The van der Waals surface area contributed by atoms with Crippen LogP contribution in [0.25, 0.3) is 0 Å². The first-order chi connectivity index (χ1) is 6.74. The summed E-state index contributed by atoms with van der Waals surface area (Å²) in [6, 6.07) is 4.09. The maximum Gasteiger partial charge on any atom is 0.104 e. The van der Waals surface area contributed by atoms with Crippen LogP contribution in [-0.2, 0) is 6.42 Å². The minimum Gasteiger partial charge on any atom is -0.466 e. The molecule has 78 valence electrons. The Kier molecular flexibility index (Phi) is 2.92. The summed E-state index contributed by atoms with van der Waals surface area (Å²) < 4.78 is 5.55. The van der Waals surface area contributed by atoms with Gasteiger partial charge in [-0.2, -0.15) is 0 Å². The third-order valence-electron chi connectivity index (χ3n) is 3.10. The average Bonchev–Trinajstić information content (AvgIpc) is 2.56. The molecular weight excluding hydrogens is 176 g/mol. The largest absolute Gasteiger partial charge is 0.466 e. The summed E-state index contributed by atoms with van der Waals surface area (Å²) in [5, 5.41) is 9.37. The zero-order chi connectivity index (χ0) is 9.97. The Morgan fingerprint density at radius 3 is 2.57 bits per heavy atom. The number of hydrogen-bond donors (Lipinski definition) is 1. The van der Waals surface area contributed by atoms with E-state index in [1.54, 1.807) is 0 Å². The Bertz CT molecular complexity index is 282. The number of furan rings is 1. The number of aliphatic hydroxyl groups excluding tert-OH is 1. The van der Waals surface area contributed by atoms with E-state index in [1.165, 1.54) is 0 Å². The molecular formula is C12H18O2. The molecule has 14 heavy (non-hydrogen) atoms. The zero-order valence-electron chi connectivity index (χ0n) is 8.70. The first-order valence-corrected chi connectivity index (χ1v) is 5.47. The lowest BCUT2D eigenvalue weighted by atomic mass is 9.85. The number of aliphatic hydroxyl groups is 1. The monoisotopic (exact) mass is 194 g/mol. The van der Waals surface area contributed by atoms with Crippen molar-refractivity contribution < 1.29 is 9.52 Å². The summed E-state index contributed by atoms with van der Waals surface area (Å²) in [5.74, 6) is 2.81. The second kappa shape index (κ2) is 4.18. The van der Waals surface area contributed by atoms with Gasteiger partial charge in [-0.05, 0) is 50.7 Å². The fraction of sp³-hybridized carbons (Fsp3) is 0.667. The van der Waals surface area contributed by atoms with E-state index in [0.29, 0.717) is 5.92 Å². The van der Waals surface area contributed by atoms with Crippen LogP contribution in [0.2, 0.25) is 0 Å². The summed E-state index contributed by atoms with van der Waals surface area (Å²) in [6.45, 7) is 1.98. The second-order valence-electron chi connectivity index (χ2n) is 4.39. The van der Waals surface area contributed by atoms with Crippen LogP contribution in [0.3, 0.4) is 0 Å². The molecule has 0 radical (unpaired) electrons. The van der Waals surface area contributed by atoms with Gasteiger partial charge in [0.05, 0.1) is 6.10 Å². The van der Waals surface area contributed by atoms with Gasteiger partial charge in [0.2, 0.25) is 0 Å². The number of aryl methyl sites for hydroxylation is 1. The lowest BCUT2D eigenvalue weighted by Crippen LogP contribution is -2.19. The van der Waals surface area contributed by atoms with Crippen LogP contribution < -0.4 is 0 Å². The highest BCUT2D eigenvalue weighted by molar-refractivity contribution is 5.06. The van der Waals surface area contributed by atoms with Crippen molar-refractivity contribution in [2.24, 2.45) is 5.92 Å². The van der Waals surface area contributed by atoms with Crippen LogP contribution in [0.1, 0.15) is 37.2 Å². The fourth-order valence-corrected chi connectivity index (χ4v) is 2.23. The molecule has 1 aromatic heterocycles. The van der Waals surface area contributed by atoms with E-state index in [0.717, 1.165) is 43.6 Å². The second-order valence-corrected chi connectivity index (χ2v) is 4.39. The zero-order valence-corrected chi connectivity index (χ0v) is 8.70. The van der Waals surface area contributed by atoms with E-state index in [4.69, 9.17) is 4.42 Å². The van der Waals surface area contributed by atoms with E-state index < -0.39 is 0 Å². The SMILES string of the molecule is Cc1ccc(CC2CCC(O)CC2)o1. The Balaban J connectivity index is 1.86. The van der Waals surface area contributed by atoms with Crippen LogP contribution in [0.5, 0.6) is 0 Å². The van der Waals surface area contributed by atoms with Crippen LogP contribution in [-0.4, -0.2) is 11.2 Å². The quantitative estimate of drug-likeness (QED) is 0.785. The van der Waals surface area contributed by atoms with Crippen molar-refractivity contribution in [3.8, 4) is 0 Å². The minimum atomic E-state index is -0.0513. The molecule has 0 unspecified atom stereocenters. The minimum absolute atomic E-state index is 0.0513. The van der Waals surface area contributed by atoms with Crippen molar-refractivity contribution in [1.82, 2.24) is 0 Å². The molecule has 0 atom stereocenters. The highest BCUT2D eigenvalue weighted by Gasteiger charge is 2.20. The molecule has 1 aliphatic rings. The lowest BCUT2D eigenvalue weighted by Gasteiger charge is -2.24. The van der Waals surface area contributed by atoms with Gasteiger partial charge in [0, 0.05) is 6.42 Å². The van der Waals surface area contributed by atoms with Crippen LogP contribution in [0.15, 0.2) is 16.5 Å². The molecule has 1 saturated carbocycles. The van der Waals surface area contributed by atoms with Gasteiger partial charge in [-0.1, -0.05) is 0 Å². The van der Waals surface area contributed by atoms with Crippen LogP contribution in [0.4, 0.5) is 0 Å². The van der Waals surface area contributed by atoms with Gasteiger partial charge in [-0.3, -0.25) is 0 Å². The van der Waals surface area contributed by atoms with Crippen molar-refractivity contribution in [3.63, 3.8) is 0 Å². The van der Waals surface area contributed by atoms with Gasteiger partial charge in [-0.15, -0.1) is 0 Å². The average molecular weight is 194 g/mol. The Hall–Kier alpha value is -0.760. The van der Waals surface area contributed by atoms with Crippen molar-refractivity contribution in [2.75, 3.05) is 0 Å². The predicted molar refractivity (Wildman–Crippen MR) is 55.1 cm³/mol. The maximum atomic E-state index is 9.37. The Morgan fingerprint density at radius 2 is 2.00 bits per heavy atom. The number of rotatable bonds is 2. The molecule has 2 heteroatoms. The first-order valence-electron chi connectivity index (χ1n) is 5.47. The van der Waals surface area contributed by atoms with E-state index in [1.807, 2.05) is 13.0 Å². The predicted octanol–water partition coefficient (Wildman–Crippen LogP) is 2.68. The number of hydrogen-bond acceptors (Lipinski definition) is 2. The molecule has 1 heterocycles. The van der Waals surface area contributed by atoms with Crippen LogP contribution >= 0.6 is 0 Å². The third kappa shape index (κ3) is 2.38. The molecule has 0 amide bonds. The van der Waals surface area contributed by atoms with Gasteiger partial charge >= 0.3 is 0 Å². The molecule has 1 aliphatic carbocycles. The summed E-state index contributed by atoms with van der Waals surface area (Å²) >= 11 is 0. The van der Waals surface area contributed by atoms with Crippen LogP contribution in [0, 0.1) is 12.8 Å². The van der Waals surface area contributed by atoms with E-state index in [-0.39, 0.29) is 6.10 Å². The normalized spacial score (nSPS) is 27.9. The summed E-state index contributed by atoms with van der Waals surface area (Å²) in [6.07, 6.45) is 5.20. The molecule has 2 nitrogen and oxygen atoms in total. The highest BCUT2D eigenvalue weighted by Crippen LogP contribution is 2.27. The van der Waals surface area contributed by atoms with Crippen molar-refractivity contribution >= 4 is 0 Å². The van der Waals surface area contributed by atoms with Gasteiger partial charge in [0.15, 0.2) is 0 Å². The molecule has 0 spiro atoms. The molecule has 0 saturated heterocycles. The summed E-state index contributed by atoms with van der Waals surface area (Å²) in [5.41, 5.74) is 0. The Morgan fingerprint density at radius 1 is 1.29 bits per heavy atom. The molecule has 1 fully saturated rings. The van der Waals surface area contributed by atoms with Gasteiger partial charge in [0.1, 0.15) is 11.5 Å². The topological polar surface area (TPSA) is 33.4 Å². The standard InChI is InChI=1S/C12H18O2/c1-9-2-7-12(14-9)8-10-3-5-11(13)6-4-10/h2,7,10-11,13H,3-6,8H2,1H3. The van der Waals surface area contributed by atoms with E-state index >= 15 is 0 Å². The smallest absolute Gasteiger partial charge is 0.104 e. The van der Waals surface area contributed by atoms with E-state index in [9.17, 15) is 5.11 Å². The van der Waals surface area contributed by atoms with Crippen molar-refractivity contribution in [3.05, 3.63) is 23.7 Å². The van der Waals surface area contributed by atoms with Crippen molar-refractivity contribution in [1.29, 1.82) is 0 Å². The fourth-order valence-electron chi connectivity index (χ4n) is 2.23. The molecule has 1 N–H and O–H groups in total. The van der Waals surface area contributed by atoms with Crippen molar-refractivity contribution in [2.45, 2.75) is 45.1 Å². The molecule has 0 aliphatic heterocycles. The van der Waals surface area contributed by atoms with Gasteiger partial charge < -0.3 is 9.52 Å². The lowest BCUT2D eigenvalue weighted by molar-refractivity contribution is 0.107. The summed E-state index contributed by atoms with van der Waals surface area (Å²) in [4.78, 5) is 0. The van der Waals surface area contributed by atoms with E-state index in [2.05, 4.69) is 6.07 Å². The Labute approximate surface area is 84.9 Å². The first kappa shape index (κ1) is 9.78. The molecule has 2 rings (SSSR count). The summed E-state index contributed by atoms with van der Waals surface area (Å²) in [7, 11) is 0. The highest BCUT2D eigenvalue weighted by atomic mass is 16.3. The van der Waals surface area contributed by atoms with Gasteiger partial charge in [-0.25, -0.2) is 0 Å². The third-order valence-corrected chi connectivity index (χ3v) is 3.10. The maximum absolute atomic E-state index is 9.37. The molecule has 0 aromatic carbocycles. The van der Waals surface area contributed by atoms with Gasteiger partial charge in [0.25, 0.3) is 0 Å². The molecule has 0 bridgehead atoms. The molecule has 1 aromatic rings.